The highest BCUT2D eigenvalue weighted by atomic mass is 35.5. The molecule has 0 bridgehead atoms. The zero-order valence-electron chi connectivity index (χ0n) is 7.29. The normalized spacial score (nSPS) is 31.8. The van der Waals surface area contributed by atoms with Crippen LogP contribution in [0.5, 0.6) is 0 Å². The molecule has 1 saturated carbocycles. The summed E-state index contributed by atoms with van der Waals surface area (Å²) >= 11 is 5.39. The third-order valence-electron chi connectivity index (χ3n) is 2.55. The van der Waals surface area contributed by atoms with Crippen LogP contribution in [0.2, 0.25) is 0 Å². The Bertz CT molecular complexity index is 235. The molecule has 0 heterocycles. The van der Waals surface area contributed by atoms with Crippen LogP contribution in [0.25, 0.3) is 0 Å². The lowest BCUT2D eigenvalue weighted by Gasteiger charge is -2.25. The van der Waals surface area contributed by atoms with Crippen molar-refractivity contribution in [2.75, 3.05) is 5.21 Å². The van der Waals surface area contributed by atoms with Crippen LogP contribution in [0.4, 0.5) is 0 Å². The average molecular weight is 211 g/mol. The Labute approximate surface area is 79.2 Å². The van der Waals surface area contributed by atoms with Crippen molar-refractivity contribution >= 4 is 21.4 Å². The quantitative estimate of drug-likeness (QED) is 0.655. The van der Waals surface area contributed by atoms with E-state index in [1.807, 2.05) is 0 Å². The summed E-state index contributed by atoms with van der Waals surface area (Å²) in [4.78, 5) is 0. The highest BCUT2D eigenvalue weighted by Gasteiger charge is 2.28. The molecule has 0 spiro atoms. The molecule has 72 valence electrons. The molecule has 2 unspecified atom stereocenters. The van der Waals surface area contributed by atoms with E-state index in [4.69, 9.17) is 11.6 Å². The molecule has 0 aliphatic heterocycles. The third kappa shape index (κ3) is 2.36. The van der Waals surface area contributed by atoms with Gasteiger partial charge in [-0.3, -0.25) is 0 Å². The van der Waals surface area contributed by atoms with Crippen LogP contribution in [0.1, 0.15) is 32.6 Å². The van der Waals surface area contributed by atoms with Gasteiger partial charge in [-0.25, -0.2) is 8.42 Å². The summed E-state index contributed by atoms with van der Waals surface area (Å²) in [5, 5.41) is -0.386. The van der Waals surface area contributed by atoms with Gasteiger partial charge in [0.1, 0.15) is 5.21 Å². The van der Waals surface area contributed by atoms with Gasteiger partial charge in [0.05, 0.1) is 5.25 Å². The monoisotopic (exact) mass is 210 g/mol. The number of sulfone groups is 1. The molecular weight excluding hydrogens is 196 g/mol. The van der Waals surface area contributed by atoms with Gasteiger partial charge in [-0.1, -0.05) is 19.8 Å². The van der Waals surface area contributed by atoms with Crippen molar-refractivity contribution in [1.82, 2.24) is 0 Å². The van der Waals surface area contributed by atoms with E-state index in [1.54, 1.807) is 0 Å². The van der Waals surface area contributed by atoms with Gasteiger partial charge in [-0.05, 0) is 18.8 Å². The van der Waals surface area contributed by atoms with E-state index < -0.39 is 9.84 Å². The fourth-order valence-corrected chi connectivity index (χ4v) is 3.65. The Balaban J connectivity index is 2.63. The minimum atomic E-state index is -2.99. The fourth-order valence-electron chi connectivity index (χ4n) is 1.79. The van der Waals surface area contributed by atoms with Gasteiger partial charge in [0.25, 0.3) is 0 Å². The van der Waals surface area contributed by atoms with Crippen LogP contribution in [-0.4, -0.2) is 18.9 Å². The van der Waals surface area contributed by atoms with E-state index in [0.29, 0.717) is 5.92 Å². The fraction of sp³-hybridized carbons (Fsp3) is 1.00. The van der Waals surface area contributed by atoms with E-state index in [1.165, 1.54) is 0 Å². The SMILES string of the molecule is CC1CCCC(S(=O)(=O)CCl)C1. The van der Waals surface area contributed by atoms with E-state index in [2.05, 4.69) is 6.92 Å². The molecular formula is C8H15ClO2S. The first-order chi connectivity index (χ1) is 5.56. The molecule has 0 radical (unpaired) electrons. The van der Waals surface area contributed by atoms with E-state index in [-0.39, 0.29) is 10.5 Å². The number of hydrogen-bond donors (Lipinski definition) is 0. The second-order valence-corrected chi connectivity index (χ2v) is 6.53. The lowest BCUT2D eigenvalue weighted by Crippen LogP contribution is -2.27. The Morgan fingerprint density at radius 2 is 2.08 bits per heavy atom. The smallest absolute Gasteiger partial charge is 0.167 e. The average Bonchev–Trinajstić information content (AvgIpc) is 2.05. The zero-order chi connectivity index (χ0) is 9.19. The van der Waals surface area contributed by atoms with Gasteiger partial charge in [0, 0.05) is 0 Å². The lowest BCUT2D eigenvalue weighted by atomic mass is 9.91. The van der Waals surface area contributed by atoms with Gasteiger partial charge < -0.3 is 0 Å². The van der Waals surface area contributed by atoms with Crippen molar-refractivity contribution in [2.24, 2.45) is 5.92 Å². The maximum absolute atomic E-state index is 11.4. The maximum atomic E-state index is 11.4. The summed E-state index contributed by atoms with van der Waals surface area (Å²) < 4.78 is 22.7. The molecule has 0 aromatic rings. The van der Waals surface area contributed by atoms with Gasteiger partial charge >= 0.3 is 0 Å². The van der Waals surface area contributed by atoms with Crippen molar-refractivity contribution in [3.63, 3.8) is 0 Å². The topological polar surface area (TPSA) is 34.1 Å². The summed E-state index contributed by atoms with van der Waals surface area (Å²) in [6.45, 7) is 2.11. The van der Waals surface area contributed by atoms with Crippen LogP contribution in [0, 0.1) is 5.92 Å². The molecule has 0 aromatic heterocycles. The minimum absolute atomic E-state index is 0.168. The van der Waals surface area contributed by atoms with Crippen molar-refractivity contribution < 1.29 is 8.42 Å². The number of hydrogen-bond acceptors (Lipinski definition) is 2. The van der Waals surface area contributed by atoms with Gasteiger partial charge in [-0.2, -0.15) is 0 Å². The Morgan fingerprint density at radius 3 is 2.58 bits per heavy atom. The van der Waals surface area contributed by atoms with Crippen molar-refractivity contribution in [2.45, 2.75) is 37.9 Å². The largest absolute Gasteiger partial charge is 0.227 e. The molecule has 2 atom stereocenters. The Hall–Kier alpha value is 0.240. The maximum Gasteiger partial charge on any atom is 0.167 e. The molecule has 1 aliphatic carbocycles. The second-order valence-electron chi connectivity index (χ2n) is 3.67. The van der Waals surface area contributed by atoms with Crippen LogP contribution in [0.15, 0.2) is 0 Å². The molecule has 1 rings (SSSR count). The van der Waals surface area contributed by atoms with Crippen LogP contribution in [-0.2, 0) is 9.84 Å². The lowest BCUT2D eigenvalue weighted by molar-refractivity contribution is 0.382. The van der Waals surface area contributed by atoms with E-state index in [9.17, 15) is 8.42 Å². The minimum Gasteiger partial charge on any atom is -0.227 e. The highest BCUT2D eigenvalue weighted by Crippen LogP contribution is 2.28. The van der Waals surface area contributed by atoms with Gasteiger partial charge in [0.15, 0.2) is 9.84 Å². The summed E-state index contributed by atoms with van der Waals surface area (Å²) in [6, 6.07) is 0. The summed E-state index contributed by atoms with van der Waals surface area (Å²) in [6.07, 6.45) is 3.80. The standard InChI is InChI=1S/C8H15ClO2S/c1-7-3-2-4-8(5-7)12(10,11)6-9/h7-8H,2-6H2,1H3. The molecule has 0 saturated heterocycles. The molecule has 2 nitrogen and oxygen atoms in total. The molecule has 1 fully saturated rings. The van der Waals surface area contributed by atoms with Crippen LogP contribution in [0.3, 0.4) is 0 Å². The van der Waals surface area contributed by atoms with E-state index in [0.717, 1.165) is 25.7 Å². The summed E-state index contributed by atoms with van der Waals surface area (Å²) in [7, 11) is -2.99. The Morgan fingerprint density at radius 1 is 1.42 bits per heavy atom. The molecule has 0 amide bonds. The van der Waals surface area contributed by atoms with Gasteiger partial charge in [0.2, 0.25) is 0 Å². The first-order valence-corrected chi connectivity index (χ1v) is 6.59. The van der Waals surface area contributed by atoms with Crippen LogP contribution < -0.4 is 0 Å². The molecule has 4 heteroatoms. The predicted molar refractivity (Wildman–Crippen MR) is 51.1 cm³/mol. The first-order valence-electron chi connectivity index (χ1n) is 4.34. The number of halogens is 1. The summed E-state index contributed by atoms with van der Waals surface area (Å²) in [5.41, 5.74) is 0. The zero-order valence-corrected chi connectivity index (χ0v) is 8.87. The second kappa shape index (κ2) is 3.97. The number of alkyl halides is 1. The number of rotatable bonds is 2. The predicted octanol–water partition coefficient (Wildman–Crippen LogP) is 2.18. The third-order valence-corrected chi connectivity index (χ3v) is 5.21. The van der Waals surface area contributed by atoms with Crippen molar-refractivity contribution in [3.8, 4) is 0 Å². The first kappa shape index (κ1) is 10.3. The highest BCUT2D eigenvalue weighted by molar-refractivity contribution is 7.93. The van der Waals surface area contributed by atoms with Crippen molar-refractivity contribution in [3.05, 3.63) is 0 Å². The molecule has 0 N–H and O–H groups in total. The summed E-state index contributed by atoms with van der Waals surface area (Å²) in [5.74, 6) is 0.543. The van der Waals surface area contributed by atoms with E-state index >= 15 is 0 Å². The molecule has 0 aromatic carbocycles. The van der Waals surface area contributed by atoms with Gasteiger partial charge in [-0.15, -0.1) is 11.6 Å². The molecule has 1 aliphatic rings. The molecule has 12 heavy (non-hydrogen) atoms. The van der Waals surface area contributed by atoms with Crippen molar-refractivity contribution in [1.29, 1.82) is 0 Å². The Kier molecular flexibility index (Phi) is 3.41. The van der Waals surface area contributed by atoms with Crippen LogP contribution >= 0.6 is 11.6 Å².